The van der Waals surface area contributed by atoms with Gasteiger partial charge in [-0.3, -0.25) is 0 Å². The average Bonchev–Trinajstić information content (AvgIpc) is 3.90. The van der Waals surface area contributed by atoms with Crippen molar-refractivity contribution in [2.24, 2.45) is 0 Å². The van der Waals surface area contributed by atoms with Crippen molar-refractivity contribution in [1.82, 2.24) is 0 Å². The number of anilines is 3. The molecule has 0 spiro atoms. The van der Waals surface area contributed by atoms with Gasteiger partial charge in [-0.2, -0.15) is 0 Å². The summed E-state index contributed by atoms with van der Waals surface area (Å²) < 4.78 is 5.25. The Labute approximate surface area is 362 Å². The van der Waals surface area contributed by atoms with E-state index in [0.29, 0.717) is 0 Å². The molecule has 0 aliphatic rings. The predicted molar refractivity (Wildman–Crippen MR) is 266 cm³/mol. The number of rotatable bonds is 7. The molecule has 0 saturated heterocycles. The van der Waals surface area contributed by atoms with Crippen LogP contribution in [0.5, 0.6) is 0 Å². The maximum atomic E-state index is 2.45. The van der Waals surface area contributed by atoms with Crippen LogP contribution in [0.25, 0.3) is 95.6 Å². The zero-order chi connectivity index (χ0) is 40.3. The highest BCUT2D eigenvalue weighted by Gasteiger charge is 2.21. The van der Waals surface area contributed by atoms with Crippen LogP contribution in [0.15, 0.2) is 224 Å². The molecular formula is C58H37NS2. The van der Waals surface area contributed by atoms with Gasteiger partial charge in [0, 0.05) is 57.3 Å². The second-order valence-electron chi connectivity index (χ2n) is 15.6. The molecule has 2 aromatic heterocycles. The molecule has 3 heteroatoms. The van der Waals surface area contributed by atoms with E-state index in [0.717, 1.165) is 17.1 Å². The van der Waals surface area contributed by atoms with E-state index in [1.807, 2.05) is 22.7 Å². The summed E-state index contributed by atoms with van der Waals surface area (Å²) >= 11 is 3.73. The van der Waals surface area contributed by atoms with Crippen LogP contribution < -0.4 is 4.90 Å². The monoisotopic (exact) mass is 811 g/mol. The number of hydrogen-bond acceptors (Lipinski definition) is 3. The molecule has 0 unspecified atom stereocenters. The third-order valence-corrected chi connectivity index (χ3v) is 14.4. The van der Waals surface area contributed by atoms with E-state index in [4.69, 9.17) is 0 Å². The van der Waals surface area contributed by atoms with Gasteiger partial charge in [0.15, 0.2) is 0 Å². The Hall–Kier alpha value is -7.30. The topological polar surface area (TPSA) is 3.24 Å². The van der Waals surface area contributed by atoms with E-state index in [1.165, 1.54) is 95.6 Å². The summed E-state index contributed by atoms with van der Waals surface area (Å²) in [4.78, 5) is 2.45. The van der Waals surface area contributed by atoms with Crippen molar-refractivity contribution in [3.05, 3.63) is 224 Å². The van der Waals surface area contributed by atoms with Gasteiger partial charge in [0.25, 0.3) is 0 Å². The van der Waals surface area contributed by atoms with Gasteiger partial charge in [-0.25, -0.2) is 0 Å². The van der Waals surface area contributed by atoms with Crippen molar-refractivity contribution in [2.75, 3.05) is 4.90 Å². The standard InChI is InChI=1S/C58H37NS2/c1-2-18-44-39(14-1)15-12-24-47(44)46-20-4-3-19-45(46)41-16-11-17-43(36-41)59(42-33-30-38(31-34-42)40-32-35-50-49-22-6-9-27-54(49)61-57(50)37-40)53-26-8-5-21-48(53)51-25-13-29-56-58(51)52-23-7-10-28-55(52)60-56/h1-37H. The quantitative estimate of drug-likeness (QED) is 0.155. The third kappa shape index (κ3) is 6.13. The van der Waals surface area contributed by atoms with E-state index in [9.17, 15) is 0 Å². The fourth-order valence-corrected chi connectivity index (χ4v) is 11.6. The van der Waals surface area contributed by atoms with Crippen molar-refractivity contribution in [1.29, 1.82) is 0 Å². The van der Waals surface area contributed by atoms with Crippen LogP contribution in [0.2, 0.25) is 0 Å². The Kier molecular flexibility index (Phi) is 8.62. The Morgan fingerprint density at radius 3 is 1.72 bits per heavy atom. The zero-order valence-corrected chi connectivity index (χ0v) is 34.8. The first-order valence-electron chi connectivity index (χ1n) is 20.7. The molecule has 0 amide bonds. The zero-order valence-electron chi connectivity index (χ0n) is 33.1. The highest BCUT2D eigenvalue weighted by molar-refractivity contribution is 7.26. The summed E-state index contributed by atoms with van der Waals surface area (Å²) in [6.45, 7) is 0. The van der Waals surface area contributed by atoms with E-state index in [2.05, 4.69) is 229 Å². The molecule has 0 aliphatic heterocycles. The molecule has 0 saturated carbocycles. The largest absolute Gasteiger partial charge is 0.310 e. The summed E-state index contributed by atoms with van der Waals surface area (Å²) in [7, 11) is 0. The number of para-hydroxylation sites is 1. The minimum atomic E-state index is 1.10. The Balaban J connectivity index is 1.03. The molecule has 1 nitrogen and oxygen atoms in total. The first-order valence-corrected chi connectivity index (χ1v) is 22.4. The molecule has 0 atom stereocenters. The van der Waals surface area contributed by atoms with E-state index in [-0.39, 0.29) is 0 Å². The van der Waals surface area contributed by atoms with Crippen molar-refractivity contribution in [2.45, 2.75) is 0 Å². The molecule has 61 heavy (non-hydrogen) atoms. The summed E-state index contributed by atoms with van der Waals surface area (Å²) in [5.41, 5.74) is 13.0. The molecule has 286 valence electrons. The van der Waals surface area contributed by atoms with Crippen LogP contribution >= 0.6 is 22.7 Å². The molecule has 0 radical (unpaired) electrons. The summed E-state index contributed by atoms with van der Waals surface area (Å²) in [5.74, 6) is 0. The first-order chi connectivity index (χ1) is 30.2. The summed E-state index contributed by atoms with van der Waals surface area (Å²) in [6.07, 6.45) is 0. The molecular weight excluding hydrogens is 775 g/mol. The maximum Gasteiger partial charge on any atom is 0.0540 e. The van der Waals surface area contributed by atoms with Gasteiger partial charge in [0.2, 0.25) is 0 Å². The van der Waals surface area contributed by atoms with Crippen LogP contribution in [0.3, 0.4) is 0 Å². The Bertz CT molecular complexity index is 3600. The number of benzene rings is 10. The van der Waals surface area contributed by atoms with Gasteiger partial charge in [-0.15, -0.1) is 22.7 Å². The molecule has 12 aromatic rings. The van der Waals surface area contributed by atoms with Gasteiger partial charge in [0.05, 0.1) is 5.69 Å². The second kappa shape index (κ2) is 14.8. The summed E-state index contributed by atoms with van der Waals surface area (Å²) in [5, 5.41) is 7.75. The number of fused-ring (bicyclic) bond motifs is 7. The van der Waals surface area contributed by atoms with E-state index < -0.39 is 0 Å². The van der Waals surface area contributed by atoms with Gasteiger partial charge in [-0.1, -0.05) is 170 Å². The first kappa shape index (κ1) is 35.6. The SMILES string of the molecule is c1cc(-c2ccccc2-c2cccc3ccccc23)cc(N(c2ccc(-c3ccc4c(c3)sc3ccccc34)cc2)c2ccccc2-c2cccc3sc4ccccc4c23)c1. The van der Waals surface area contributed by atoms with Gasteiger partial charge in [0.1, 0.15) is 0 Å². The lowest BCUT2D eigenvalue weighted by atomic mass is 9.91. The molecule has 10 aromatic carbocycles. The normalized spacial score (nSPS) is 11.6. The molecule has 2 heterocycles. The minimum Gasteiger partial charge on any atom is -0.310 e. The van der Waals surface area contributed by atoms with Gasteiger partial charge in [-0.05, 0) is 104 Å². The van der Waals surface area contributed by atoms with E-state index in [1.54, 1.807) is 0 Å². The van der Waals surface area contributed by atoms with Crippen LogP contribution in [0.4, 0.5) is 17.1 Å². The van der Waals surface area contributed by atoms with Crippen LogP contribution in [0, 0.1) is 0 Å². The molecule has 0 aliphatic carbocycles. The van der Waals surface area contributed by atoms with Crippen molar-refractivity contribution < 1.29 is 0 Å². The summed E-state index contributed by atoms with van der Waals surface area (Å²) in [6, 6.07) is 82.5. The average molecular weight is 812 g/mol. The molecule has 0 N–H and O–H groups in total. The van der Waals surface area contributed by atoms with Gasteiger partial charge < -0.3 is 4.90 Å². The maximum absolute atomic E-state index is 2.45. The smallest absolute Gasteiger partial charge is 0.0540 e. The fourth-order valence-electron chi connectivity index (χ4n) is 9.27. The Morgan fingerprint density at radius 1 is 0.279 bits per heavy atom. The fraction of sp³-hybridized carbons (Fsp3) is 0. The minimum absolute atomic E-state index is 1.10. The lowest BCUT2D eigenvalue weighted by Gasteiger charge is -2.29. The third-order valence-electron chi connectivity index (χ3n) is 12.1. The lowest BCUT2D eigenvalue weighted by molar-refractivity contribution is 1.28. The number of nitrogens with zero attached hydrogens (tertiary/aromatic N) is 1. The Morgan fingerprint density at radius 2 is 0.852 bits per heavy atom. The van der Waals surface area contributed by atoms with Crippen molar-refractivity contribution in [3.63, 3.8) is 0 Å². The van der Waals surface area contributed by atoms with Crippen LogP contribution in [-0.4, -0.2) is 0 Å². The van der Waals surface area contributed by atoms with Gasteiger partial charge >= 0.3 is 0 Å². The predicted octanol–water partition coefficient (Wildman–Crippen LogP) is 17.7. The number of hydrogen-bond donors (Lipinski definition) is 0. The van der Waals surface area contributed by atoms with Crippen molar-refractivity contribution >= 4 is 90.9 Å². The van der Waals surface area contributed by atoms with Crippen LogP contribution in [0.1, 0.15) is 0 Å². The molecule has 12 rings (SSSR count). The number of thiophene rings is 2. The van der Waals surface area contributed by atoms with Crippen molar-refractivity contribution in [3.8, 4) is 44.5 Å². The molecule has 0 bridgehead atoms. The highest BCUT2D eigenvalue weighted by Crippen LogP contribution is 2.47. The van der Waals surface area contributed by atoms with E-state index >= 15 is 0 Å². The lowest BCUT2D eigenvalue weighted by Crippen LogP contribution is -2.11. The second-order valence-corrected chi connectivity index (χ2v) is 17.8. The van der Waals surface area contributed by atoms with Crippen LogP contribution in [-0.2, 0) is 0 Å². The molecule has 0 fully saturated rings. The highest BCUT2D eigenvalue weighted by atomic mass is 32.1.